The Morgan fingerprint density at radius 2 is 2.12 bits per heavy atom. The number of ether oxygens (including phenoxy) is 1. The van der Waals surface area contributed by atoms with E-state index in [1.165, 1.54) is 24.8 Å². The van der Waals surface area contributed by atoms with Crippen molar-refractivity contribution in [1.82, 2.24) is 10.2 Å². The summed E-state index contributed by atoms with van der Waals surface area (Å²) in [6, 6.07) is 10.00. The summed E-state index contributed by atoms with van der Waals surface area (Å²) in [6.07, 6.45) is 11.7. The number of amides is 1. The second-order valence-corrected chi connectivity index (χ2v) is 6.43. The van der Waals surface area contributed by atoms with Gasteiger partial charge in [0.2, 0.25) is 0 Å². The summed E-state index contributed by atoms with van der Waals surface area (Å²) < 4.78 is 5.47. The van der Waals surface area contributed by atoms with E-state index in [4.69, 9.17) is 4.74 Å². The van der Waals surface area contributed by atoms with Crippen LogP contribution in [0.3, 0.4) is 0 Å². The molecule has 1 heterocycles. The van der Waals surface area contributed by atoms with Gasteiger partial charge in [-0.2, -0.15) is 0 Å². The van der Waals surface area contributed by atoms with Gasteiger partial charge >= 0.3 is 0 Å². The van der Waals surface area contributed by atoms with Gasteiger partial charge in [0.1, 0.15) is 5.75 Å². The monoisotopic (exact) mass is 326 g/mol. The second kappa shape index (κ2) is 8.69. The maximum atomic E-state index is 12.0. The highest BCUT2D eigenvalue weighted by Gasteiger charge is 2.20. The molecule has 0 saturated heterocycles. The van der Waals surface area contributed by atoms with Crippen LogP contribution in [0, 0.1) is 0 Å². The van der Waals surface area contributed by atoms with Crippen LogP contribution in [0.5, 0.6) is 5.75 Å². The first kappa shape index (κ1) is 16.8. The number of hydrogen-bond donors (Lipinski definition) is 1. The van der Waals surface area contributed by atoms with E-state index < -0.39 is 0 Å². The van der Waals surface area contributed by atoms with Gasteiger partial charge in [-0.05, 0) is 43.4 Å². The molecule has 1 amide bonds. The number of allylic oxidation sites excluding steroid dienone is 1. The fourth-order valence-electron chi connectivity index (χ4n) is 3.28. The first-order valence-corrected chi connectivity index (χ1v) is 8.84. The normalized spacial score (nSPS) is 21.2. The molecule has 0 spiro atoms. The van der Waals surface area contributed by atoms with E-state index in [1.807, 2.05) is 30.3 Å². The average molecular weight is 326 g/mol. The van der Waals surface area contributed by atoms with Crippen LogP contribution in [0.2, 0.25) is 0 Å². The van der Waals surface area contributed by atoms with Crippen LogP contribution in [0.15, 0.2) is 54.1 Å². The van der Waals surface area contributed by atoms with Crippen LogP contribution in [-0.4, -0.2) is 43.1 Å². The number of nitrogens with zero attached hydrogens (tertiary/aromatic N) is 1. The molecule has 3 rings (SSSR count). The molecule has 0 aromatic heterocycles. The van der Waals surface area contributed by atoms with Gasteiger partial charge in [-0.25, -0.2) is 0 Å². The molecule has 1 N–H and O–H groups in total. The number of para-hydroxylation sites is 1. The van der Waals surface area contributed by atoms with E-state index in [9.17, 15) is 4.79 Å². The molecule has 24 heavy (non-hydrogen) atoms. The Balaban J connectivity index is 1.41. The highest BCUT2D eigenvalue weighted by Crippen LogP contribution is 2.20. The van der Waals surface area contributed by atoms with Crippen LogP contribution in [0.25, 0.3) is 0 Å². The summed E-state index contributed by atoms with van der Waals surface area (Å²) in [5.74, 6) is 0.647. The maximum Gasteiger partial charge on any atom is 0.258 e. The molecule has 2 aliphatic rings. The van der Waals surface area contributed by atoms with Crippen molar-refractivity contribution in [2.24, 2.45) is 0 Å². The van der Waals surface area contributed by atoms with Crippen molar-refractivity contribution in [2.75, 3.05) is 26.2 Å². The molecular formula is C20H26N2O2. The molecule has 4 nitrogen and oxygen atoms in total. The number of rotatable bonds is 6. The van der Waals surface area contributed by atoms with Crippen molar-refractivity contribution in [1.29, 1.82) is 0 Å². The average Bonchev–Trinajstić information content (AvgIpc) is 2.66. The van der Waals surface area contributed by atoms with E-state index in [0.29, 0.717) is 12.6 Å². The number of nitrogens with one attached hydrogen (secondary N) is 1. The van der Waals surface area contributed by atoms with Gasteiger partial charge in [-0.3, -0.25) is 9.69 Å². The van der Waals surface area contributed by atoms with E-state index >= 15 is 0 Å². The smallest absolute Gasteiger partial charge is 0.258 e. The summed E-state index contributed by atoms with van der Waals surface area (Å²) >= 11 is 0. The molecule has 1 aliphatic carbocycles. The third-order valence-corrected chi connectivity index (χ3v) is 4.58. The fraction of sp³-hybridized carbons (Fsp3) is 0.450. The van der Waals surface area contributed by atoms with Crippen LogP contribution in [0.1, 0.15) is 25.7 Å². The summed E-state index contributed by atoms with van der Waals surface area (Å²) in [6.45, 7) is 2.74. The predicted molar refractivity (Wildman–Crippen MR) is 96.0 cm³/mol. The number of carbonyl (C=O) groups is 1. The lowest BCUT2D eigenvalue weighted by molar-refractivity contribution is -0.122. The summed E-state index contributed by atoms with van der Waals surface area (Å²) in [5.41, 5.74) is 1.30. The number of carbonyl (C=O) groups excluding carboxylic acids is 1. The van der Waals surface area contributed by atoms with Gasteiger partial charge in [-0.1, -0.05) is 36.4 Å². The Bertz CT molecular complexity index is 595. The van der Waals surface area contributed by atoms with Crippen LogP contribution in [0.4, 0.5) is 0 Å². The second-order valence-electron chi connectivity index (χ2n) is 6.43. The minimum absolute atomic E-state index is 0.0619. The highest BCUT2D eigenvalue weighted by atomic mass is 16.5. The van der Waals surface area contributed by atoms with Gasteiger partial charge in [0, 0.05) is 25.7 Å². The summed E-state index contributed by atoms with van der Waals surface area (Å²) in [4.78, 5) is 14.5. The zero-order valence-corrected chi connectivity index (χ0v) is 14.1. The third kappa shape index (κ3) is 4.96. The largest absolute Gasteiger partial charge is 0.484 e. The first-order valence-electron chi connectivity index (χ1n) is 8.84. The topological polar surface area (TPSA) is 41.6 Å². The lowest BCUT2D eigenvalue weighted by Gasteiger charge is -2.34. The SMILES string of the molecule is O=C(COc1ccccc1)NCC1=CCCN([C@@H]2C=CCCC2)C1. The molecule has 0 unspecified atom stereocenters. The Hall–Kier alpha value is -2.07. The van der Waals surface area contributed by atoms with Gasteiger partial charge in [-0.15, -0.1) is 0 Å². The van der Waals surface area contributed by atoms with E-state index in [2.05, 4.69) is 28.4 Å². The van der Waals surface area contributed by atoms with Crippen LogP contribution >= 0.6 is 0 Å². The lowest BCUT2D eigenvalue weighted by atomic mass is 9.99. The Morgan fingerprint density at radius 1 is 1.25 bits per heavy atom. The molecule has 4 heteroatoms. The standard InChI is InChI=1S/C20H26N2O2/c23-20(16-24-19-11-5-2-6-12-19)21-14-17-8-7-13-22(15-17)18-9-3-1-4-10-18/h2-3,5-6,8-9,11-12,18H,1,4,7,10,13-16H2,(H,21,23)/t18-/m1/s1. The van der Waals surface area contributed by atoms with E-state index in [1.54, 1.807) is 0 Å². The molecule has 1 aliphatic heterocycles. The summed E-state index contributed by atoms with van der Waals surface area (Å²) in [5, 5.41) is 2.97. The van der Waals surface area contributed by atoms with Crippen molar-refractivity contribution >= 4 is 5.91 Å². The highest BCUT2D eigenvalue weighted by molar-refractivity contribution is 5.77. The molecular weight excluding hydrogens is 300 g/mol. The molecule has 0 saturated carbocycles. The van der Waals surface area contributed by atoms with Crippen molar-refractivity contribution in [3.05, 3.63) is 54.1 Å². The first-order chi connectivity index (χ1) is 11.8. The summed E-state index contributed by atoms with van der Waals surface area (Å²) in [7, 11) is 0. The van der Waals surface area contributed by atoms with Crippen molar-refractivity contribution in [3.8, 4) is 5.75 Å². The Morgan fingerprint density at radius 3 is 2.92 bits per heavy atom. The number of hydrogen-bond acceptors (Lipinski definition) is 3. The zero-order chi connectivity index (χ0) is 16.6. The minimum Gasteiger partial charge on any atom is -0.484 e. The van der Waals surface area contributed by atoms with Gasteiger partial charge in [0.15, 0.2) is 6.61 Å². The quantitative estimate of drug-likeness (QED) is 0.817. The molecule has 0 radical (unpaired) electrons. The molecule has 1 aromatic rings. The Kier molecular flexibility index (Phi) is 6.07. The number of benzene rings is 1. The van der Waals surface area contributed by atoms with Crippen molar-refractivity contribution in [3.63, 3.8) is 0 Å². The zero-order valence-electron chi connectivity index (χ0n) is 14.1. The third-order valence-electron chi connectivity index (χ3n) is 4.58. The van der Waals surface area contributed by atoms with Gasteiger partial charge in [0.05, 0.1) is 0 Å². The Labute approximate surface area is 144 Å². The molecule has 1 aromatic carbocycles. The molecule has 0 bridgehead atoms. The van der Waals surface area contributed by atoms with Crippen molar-refractivity contribution < 1.29 is 9.53 Å². The lowest BCUT2D eigenvalue weighted by Crippen LogP contribution is -2.41. The molecule has 128 valence electrons. The van der Waals surface area contributed by atoms with E-state index in [0.717, 1.165) is 25.3 Å². The predicted octanol–water partition coefficient (Wildman–Crippen LogP) is 2.92. The van der Waals surface area contributed by atoms with Gasteiger partial charge in [0.25, 0.3) is 5.91 Å². The minimum atomic E-state index is -0.0746. The maximum absolute atomic E-state index is 12.0. The van der Waals surface area contributed by atoms with Gasteiger partial charge < -0.3 is 10.1 Å². The van der Waals surface area contributed by atoms with Crippen molar-refractivity contribution in [2.45, 2.75) is 31.7 Å². The van der Waals surface area contributed by atoms with Crippen LogP contribution < -0.4 is 10.1 Å². The molecule has 0 fully saturated rings. The fourth-order valence-corrected chi connectivity index (χ4v) is 3.28. The van der Waals surface area contributed by atoms with Crippen LogP contribution in [-0.2, 0) is 4.79 Å². The van der Waals surface area contributed by atoms with E-state index in [-0.39, 0.29) is 12.5 Å². The molecule has 1 atom stereocenters.